The molecule has 0 amide bonds. The third kappa shape index (κ3) is 2.59. The Labute approximate surface area is 108 Å². The number of pyridine rings is 1. The summed E-state index contributed by atoms with van der Waals surface area (Å²) in [6.45, 7) is 7.19. The van der Waals surface area contributed by atoms with E-state index in [1.807, 2.05) is 36.4 Å². The molecule has 0 bridgehead atoms. The zero-order valence-electron chi connectivity index (χ0n) is 11.4. The first-order chi connectivity index (χ1) is 8.59. The van der Waals surface area contributed by atoms with Crippen LogP contribution >= 0.6 is 0 Å². The number of hydrogen-bond acceptors (Lipinski definition) is 3. The van der Waals surface area contributed by atoms with Crippen molar-refractivity contribution in [3.05, 3.63) is 47.0 Å². The van der Waals surface area contributed by atoms with Crippen LogP contribution in [0.5, 0.6) is 0 Å². The molecule has 0 fully saturated rings. The lowest BCUT2D eigenvalue weighted by atomic mass is 10.1. The first-order valence-corrected chi connectivity index (χ1v) is 6.21. The normalized spacial score (nSPS) is 12.7. The molecule has 2 aromatic rings. The van der Waals surface area contributed by atoms with Crippen LogP contribution in [0.25, 0.3) is 0 Å². The van der Waals surface area contributed by atoms with E-state index in [0.717, 1.165) is 6.54 Å². The topological polar surface area (TPSA) is 42.7 Å². The van der Waals surface area contributed by atoms with Gasteiger partial charge < -0.3 is 5.32 Å². The van der Waals surface area contributed by atoms with E-state index in [2.05, 4.69) is 36.2 Å². The van der Waals surface area contributed by atoms with Crippen LogP contribution in [0.1, 0.15) is 35.3 Å². The van der Waals surface area contributed by atoms with Crippen LogP contribution in [0.15, 0.2) is 24.7 Å². The summed E-state index contributed by atoms with van der Waals surface area (Å²) in [5, 5.41) is 7.79. The van der Waals surface area contributed by atoms with Crippen LogP contribution in [0.4, 0.5) is 0 Å². The molecule has 0 aliphatic rings. The second-order valence-electron chi connectivity index (χ2n) is 4.71. The highest BCUT2D eigenvalue weighted by Crippen LogP contribution is 2.17. The molecule has 1 unspecified atom stereocenters. The van der Waals surface area contributed by atoms with Crippen molar-refractivity contribution in [2.45, 2.75) is 33.4 Å². The maximum absolute atomic E-state index is 4.27. The molecule has 4 nitrogen and oxygen atoms in total. The Morgan fingerprint density at radius 2 is 2.11 bits per heavy atom. The zero-order valence-corrected chi connectivity index (χ0v) is 11.4. The van der Waals surface area contributed by atoms with Crippen LogP contribution in [0, 0.1) is 13.8 Å². The molecular weight excluding hydrogens is 224 g/mol. The van der Waals surface area contributed by atoms with E-state index in [1.54, 1.807) is 0 Å². The summed E-state index contributed by atoms with van der Waals surface area (Å²) in [4.78, 5) is 4.16. The molecule has 0 saturated heterocycles. The molecule has 2 aromatic heterocycles. The van der Waals surface area contributed by atoms with Crippen LogP contribution in [-0.2, 0) is 13.6 Å². The third-order valence-electron chi connectivity index (χ3n) is 3.49. The van der Waals surface area contributed by atoms with Gasteiger partial charge in [0.25, 0.3) is 0 Å². The molecule has 1 N–H and O–H groups in total. The average molecular weight is 244 g/mol. The molecule has 0 spiro atoms. The van der Waals surface area contributed by atoms with Crippen molar-refractivity contribution in [2.24, 2.45) is 7.05 Å². The Morgan fingerprint density at radius 1 is 1.33 bits per heavy atom. The summed E-state index contributed by atoms with van der Waals surface area (Å²) in [5.74, 6) is 0. The first kappa shape index (κ1) is 12.8. The van der Waals surface area contributed by atoms with Gasteiger partial charge >= 0.3 is 0 Å². The van der Waals surface area contributed by atoms with Gasteiger partial charge in [-0.25, -0.2) is 0 Å². The van der Waals surface area contributed by atoms with Gasteiger partial charge in [0.15, 0.2) is 0 Å². The largest absolute Gasteiger partial charge is 0.306 e. The molecule has 18 heavy (non-hydrogen) atoms. The summed E-state index contributed by atoms with van der Waals surface area (Å²) in [7, 11) is 1.97. The molecule has 2 heterocycles. The van der Waals surface area contributed by atoms with Crippen LogP contribution in [0.3, 0.4) is 0 Å². The van der Waals surface area contributed by atoms with Gasteiger partial charge in [-0.3, -0.25) is 9.67 Å². The number of rotatable bonds is 4. The third-order valence-corrected chi connectivity index (χ3v) is 3.49. The first-order valence-electron chi connectivity index (χ1n) is 6.21. The van der Waals surface area contributed by atoms with Gasteiger partial charge in [-0.15, -0.1) is 0 Å². The maximum Gasteiger partial charge on any atom is 0.0540 e. The van der Waals surface area contributed by atoms with Crippen LogP contribution in [0.2, 0.25) is 0 Å². The second kappa shape index (κ2) is 5.31. The minimum atomic E-state index is 0.290. The lowest BCUT2D eigenvalue weighted by Gasteiger charge is -2.14. The smallest absolute Gasteiger partial charge is 0.0540 e. The summed E-state index contributed by atoms with van der Waals surface area (Å²) in [6.07, 6.45) is 5.68. The molecule has 0 aromatic carbocycles. The summed E-state index contributed by atoms with van der Waals surface area (Å²) in [5.41, 5.74) is 4.97. The average Bonchev–Trinajstić information content (AvgIpc) is 2.69. The van der Waals surface area contributed by atoms with Crippen molar-refractivity contribution >= 4 is 0 Å². The number of aromatic nitrogens is 3. The Hall–Kier alpha value is -1.68. The van der Waals surface area contributed by atoms with Gasteiger partial charge in [-0.2, -0.15) is 5.10 Å². The van der Waals surface area contributed by atoms with E-state index < -0.39 is 0 Å². The van der Waals surface area contributed by atoms with Crippen molar-refractivity contribution < 1.29 is 0 Å². The molecular formula is C14H20N4. The highest BCUT2D eigenvalue weighted by atomic mass is 15.3. The lowest BCUT2D eigenvalue weighted by Crippen LogP contribution is -2.19. The Kier molecular flexibility index (Phi) is 3.77. The number of nitrogens with one attached hydrogen (secondary N) is 1. The van der Waals surface area contributed by atoms with Gasteiger partial charge in [0, 0.05) is 43.3 Å². The fourth-order valence-corrected chi connectivity index (χ4v) is 2.00. The summed E-state index contributed by atoms with van der Waals surface area (Å²) in [6, 6.07) is 2.33. The van der Waals surface area contributed by atoms with Gasteiger partial charge in [0.1, 0.15) is 0 Å². The Morgan fingerprint density at radius 3 is 2.72 bits per heavy atom. The van der Waals surface area contributed by atoms with E-state index in [4.69, 9.17) is 0 Å². The molecule has 96 valence electrons. The van der Waals surface area contributed by atoms with Crippen LogP contribution in [-0.4, -0.2) is 14.8 Å². The van der Waals surface area contributed by atoms with E-state index in [1.165, 1.54) is 22.4 Å². The number of aryl methyl sites for hydroxylation is 2. The van der Waals surface area contributed by atoms with Crippen molar-refractivity contribution in [3.63, 3.8) is 0 Å². The quantitative estimate of drug-likeness (QED) is 0.897. The van der Waals surface area contributed by atoms with Crippen LogP contribution < -0.4 is 5.32 Å². The predicted octanol–water partition coefficient (Wildman–Crippen LogP) is 2.28. The highest BCUT2D eigenvalue weighted by Gasteiger charge is 2.11. The molecule has 4 heteroatoms. The highest BCUT2D eigenvalue weighted by molar-refractivity contribution is 5.23. The minimum absolute atomic E-state index is 0.290. The lowest BCUT2D eigenvalue weighted by molar-refractivity contribution is 0.568. The summed E-state index contributed by atoms with van der Waals surface area (Å²) >= 11 is 0. The van der Waals surface area contributed by atoms with Crippen molar-refractivity contribution in [2.75, 3.05) is 0 Å². The fourth-order valence-electron chi connectivity index (χ4n) is 2.00. The van der Waals surface area contributed by atoms with E-state index in [0.29, 0.717) is 6.04 Å². The number of hydrogen-bond donors (Lipinski definition) is 1. The molecule has 0 saturated carbocycles. The standard InChI is InChI=1S/C14H20N4/c1-10-5-6-15-7-13(10)8-16-11(2)14-9-17-18(4)12(14)3/h5-7,9,11,16H,8H2,1-4H3. The van der Waals surface area contributed by atoms with Crippen molar-refractivity contribution in [1.82, 2.24) is 20.1 Å². The monoisotopic (exact) mass is 244 g/mol. The minimum Gasteiger partial charge on any atom is -0.306 e. The van der Waals surface area contributed by atoms with E-state index >= 15 is 0 Å². The van der Waals surface area contributed by atoms with Gasteiger partial charge in [0.05, 0.1) is 6.20 Å². The second-order valence-corrected chi connectivity index (χ2v) is 4.71. The van der Waals surface area contributed by atoms with Crippen molar-refractivity contribution in [1.29, 1.82) is 0 Å². The predicted molar refractivity (Wildman–Crippen MR) is 72.2 cm³/mol. The van der Waals surface area contributed by atoms with Gasteiger partial charge in [-0.05, 0) is 38.0 Å². The fraction of sp³-hybridized carbons (Fsp3) is 0.429. The maximum atomic E-state index is 4.27. The molecule has 0 radical (unpaired) electrons. The zero-order chi connectivity index (χ0) is 13.1. The molecule has 0 aliphatic carbocycles. The van der Waals surface area contributed by atoms with Gasteiger partial charge in [0.2, 0.25) is 0 Å². The van der Waals surface area contributed by atoms with E-state index in [9.17, 15) is 0 Å². The Balaban J connectivity index is 2.03. The van der Waals surface area contributed by atoms with E-state index in [-0.39, 0.29) is 0 Å². The number of nitrogens with zero attached hydrogens (tertiary/aromatic N) is 3. The van der Waals surface area contributed by atoms with Crippen molar-refractivity contribution in [3.8, 4) is 0 Å². The molecule has 1 atom stereocenters. The Bertz CT molecular complexity index is 530. The SMILES string of the molecule is Cc1ccncc1CNC(C)c1cnn(C)c1C. The summed E-state index contributed by atoms with van der Waals surface area (Å²) < 4.78 is 1.91. The molecule has 2 rings (SSSR count). The molecule has 0 aliphatic heterocycles. The van der Waals surface area contributed by atoms with Gasteiger partial charge in [-0.1, -0.05) is 0 Å².